The molecule has 2 amide bonds. The van der Waals surface area contributed by atoms with E-state index in [9.17, 15) is 22.8 Å². The van der Waals surface area contributed by atoms with E-state index in [-0.39, 0.29) is 6.54 Å². The number of halogens is 3. The Kier molecular flexibility index (Phi) is 6.95. The fourth-order valence-corrected chi connectivity index (χ4v) is 1.32. The number of nitrogens with one attached hydrogen (secondary N) is 2. The van der Waals surface area contributed by atoms with Crippen LogP contribution in [0, 0.1) is 0 Å². The molecule has 0 aliphatic heterocycles. The monoisotopic (exact) mass is 313 g/mol. The summed E-state index contributed by atoms with van der Waals surface area (Å²) in [7, 11) is 3.25. The van der Waals surface area contributed by atoms with Crippen molar-refractivity contribution in [1.29, 1.82) is 0 Å². The van der Waals surface area contributed by atoms with Crippen molar-refractivity contribution >= 4 is 12.0 Å². The lowest BCUT2D eigenvalue weighted by Gasteiger charge is -2.25. The van der Waals surface area contributed by atoms with Gasteiger partial charge in [0.15, 0.2) is 0 Å². The maximum Gasteiger partial charge on any atom is 0.408 e. The molecule has 0 heterocycles. The van der Waals surface area contributed by atoms with Crippen LogP contribution in [0.15, 0.2) is 0 Å². The van der Waals surface area contributed by atoms with Crippen LogP contribution in [-0.2, 0) is 9.53 Å². The van der Waals surface area contributed by atoms with E-state index in [0.717, 1.165) is 0 Å². The third-order valence-electron chi connectivity index (χ3n) is 2.02. The van der Waals surface area contributed by atoms with Crippen molar-refractivity contribution in [3.63, 3.8) is 0 Å². The van der Waals surface area contributed by atoms with Gasteiger partial charge in [0.05, 0.1) is 0 Å². The van der Waals surface area contributed by atoms with Crippen LogP contribution < -0.4 is 10.6 Å². The molecular formula is C12H22F3N3O3. The molecule has 0 aromatic carbocycles. The summed E-state index contributed by atoms with van der Waals surface area (Å²) < 4.78 is 41.2. The fourth-order valence-electron chi connectivity index (χ4n) is 1.32. The van der Waals surface area contributed by atoms with Crippen LogP contribution >= 0.6 is 0 Å². The molecule has 2 N–H and O–H groups in total. The Labute approximate surface area is 122 Å². The van der Waals surface area contributed by atoms with Crippen LogP contribution in [0.3, 0.4) is 0 Å². The Bertz CT molecular complexity index is 365. The normalized spacial score (nSPS) is 13.8. The molecule has 0 aliphatic rings. The number of alkyl carbamates (subject to hydrolysis) is 1. The van der Waals surface area contributed by atoms with Crippen LogP contribution in [0.25, 0.3) is 0 Å². The molecular weight excluding hydrogens is 291 g/mol. The number of alkyl halides is 3. The minimum Gasteiger partial charge on any atom is -0.444 e. The number of rotatable bonds is 5. The number of likely N-dealkylation sites (N-methyl/N-ethyl adjacent to an activating group) is 1. The standard InChI is InChI=1S/C12H22F3N3O3/c1-11(2,3)21-10(20)17-8(6-18(4)5)9(19)16-7-12(13,14)15/h8H,6-7H2,1-5H3,(H,16,19)(H,17,20). The van der Waals surface area contributed by atoms with Crippen molar-refractivity contribution in [3.05, 3.63) is 0 Å². The summed E-state index contributed by atoms with van der Waals surface area (Å²) in [5.41, 5.74) is -0.769. The fraction of sp³-hybridized carbons (Fsp3) is 0.833. The molecule has 0 aromatic heterocycles. The molecule has 6 nitrogen and oxygen atoms in total. The van der Waals surface area contributed by atoms with Crippen LogP contribution in [0.1, 0.15) is 20.8 Å². The number of hydrogen-bond donors (Lipinski definition) is 2. The predicted molar refractivity (Wildman–Crippen MR) is 70.8 cm³/mol. The second kappa shape index (κ2) is 7.48. The molecule has 1 unspecified atom stereocenters. The average molecular weight is 313 g/mol. The van der Waals surface area contributed by atoms with Crippen molar-refractivity contribution < 1.29 is 27.5 Å². The zero-order valence-electron chi connectivity index (χ0n) is 12.8. The summed E-state index contributed by atoms with van der Waals surface area (Å²) in [6.45, 7) is 3.50. The number of carbonyl (C=O) groups excluding carboxylic acids is 2. The Morgan fingerprint density at radius 2 is 1.71 bits per heavy atom. The smallest absolute Gasteiger partial charge is 0.408 e. The van der Waals surface area contributed by atoms with Crippen molar-refractivity contribution in [1.82, 2.24) is 15.5 Å². The zero-order chi connectivity index (χ0) is 16.8. The molecule has 1 atom stereocenters. The van der Waals surface area contributed by atoms with Gasteiger partial charge in [-0.3, -0.25) is 4.79 Å². The van der Waals surface area contributed by atoms with E-state index in [1.807, 2.05) is 0 Å². The third kappa shape index (κ3) is 10.9. The van der Waals surface area contributed by atoms with Gasteiger partial charge in [0.1, 0.15) is 18.2 Å². The quantitative estimate of drug-likeness (QED) is 0.798. The summed E-state index contributed by atoms with van der Waals surface area (Å²) in [5.74, 6) is -0.924. The lowest BCUT2D eigenvalue weighted by molar-refractivity contribution is -0.139. The number of hydrogen-bond acceptors (Lipinski definition) is 4. The van der Waals surface area contributed by atoms with E-state index in [4.69, 9.17) is 4.74 Å². The molecule has 0 fully saturated rings. The Hall–Kier alpha value is -1.51. The van der Waals surface area contributed by atoms with E-state index < -0.39 is 36.4 Å². The van der Waals surface area contributed by atoms with Gasteiger partial charge >= 0.3 is 12.3 Å². The summed E-state index contributed by atoms with van der Waals surface area (Å²) in [6, 6.07) is -1.14. The number of ether oxygens (including phenoxy) is 1. The van der Waals surface area contributed by atoms with Gasteiger partial charge in [-0.25, -0.2) is 4.79 Å². The van der Waals surface area contributed by atoms with Crippen molar-refractivity contribution in [2.45, 2.75) is 38.6 Å². The third-order valence-corrected chi connectivity index (χ3v) is 2.02. The highest BCUT2D eigenvalue weighted by Gasteiger charge is 2.31. The summed E-state index contributed by atoms with van der Waals surface area (Å²) in [6.07, 6.45) is -5.37. The molecule has 0 rings (SSSR count). The minimum absolute atomic E-state index is 0.0446. The van der Waals surface area contributed by atoms with Gasteiger partial charge in [0.2, 0.25) is 5.91 Å². The van der Waals surface area contributed by atoms with Gasteiger partial charge in [-0.15, -0.1) is 0 Å². The van der Waals surface area contributed by atoms with E-state index in [2.05, 4.69) is 5.32 Å². The lowest BCUT2D eigenvalue weighted by Crippen LogP contribution is -2.53. The molecule has 0 aliphatic carbocycles. The molecule has 0 radical (unpaired) electrons. The Morgan fingerprint density at radius 3 is 2.10 bits per heavy atom. The number of nitrogens with zero attached hydrogens (tertiary/aromatic N) is 1. The zero-order valence-corrected chi connectivity index (χ0v) is 12.8. The second-order valence-corrected chi connectivity index (χ2v) is 5.79. The van der Waals surface area contributed by atoms with Crippen molar-refractivity contribution in [2.24, 2.45) is 0 Å². The maximum absolute atomic E-state index is 12.1. The molecule has 0 spiro atoms. The predicted octanol–water partition coefficient (Wildman–Crippen LogP) is 1.12. The summed E-state index contributed by atoms with van der Waals surface area (Å²) in [4.78, 5) is 24.9. The van der Waals surface area contributed by atoms with Crippen molar-refractivity contribution in [3.8, 4) is 0 Å². The first-order chi connectivity index (χ1) is 9.30. The molecule has 0 bridgehead atoms. The van der Waals surface area contributed by atoms with E-state index in [1.54, 1.807) is 45.1 Å². The summed E-state index contributed by atoms with van der Waals surface area (Å²) >= 11 is 0. The first-order valence-electron chi connectivity index (χ1n) is 6.29. The van der Waals surface area contributed by atoms with Crippen molar-refractivity contribution in [2.75, 3.05) is 27.2 Å². The molecule has 0 saturated heterocycles. The van der Waals surface area contributed by atoms with Crippen LogP contribution in [0.2, 0.25) is 0 Å². The van der Waals surface area contributed by atoms with E-state index in [1.165, 1.54) is 0 Å². The first kappa shape index (κ1) is 19.5. The molecule has 0 aromatic rings. The largest absolute Gasteiger partial charge is 0.444 e. The van der Waals surface area contributed by atoms with Gasteiger partial charge < -0.3 is 20.3 Å². The molecule has 124 valence electrons. The molecule has 21 heavy (non-hydrogen) atoms. The van der Waals surface area contributed by atoms with Gasteiger partial charge in [-0.2, -0.15) is 13.2 Å². The SMILES string of the molecule is CN(C)CC(NC(=O)OC(C)(C)C)C(=O)NCC(F)(F)F. The van der Waals surface area contributed by atoms with E-state index in [0.29, 0.717) is 0 Å². The molecule has 0 saturated carbocycles. The van der Waals surface area contributed by atoms with Crippen LogP contribution in [0.4, 0.5) is 18.0 Å². The highest BCUT2D eigenvalue weighted by atomic mass is 19.4. The average Bonchev–Trinajstić information content (AvgIpc) is 2.20. The Balaban J connectivity index is 4.64. The highest BCUT2D eigenvalue weighted by Crippen LogP contribution is 2.12. The van der Waals surface area contributed by atoms with Crippen LogP contribution in [0.5, 0.6) is 0 Å². The topological polar surface area (TPSA) is 70.7 Å². The minimum atomic E-state index is -4.51. The van der Waals surface area contributed by atoms with Gasteiger partial charge in [0.25, 0.3) is 0 Å². The highest BCUT2D eigenvalue weighted by molar-refractivity contribution is 5.85. The van der Waals surface area contributed by atoms with Gasteiger partial charge in [0, 0.05) is 6.54 Å². The van der Waals surface area contributed by atoms with E-state index >= 15 is 0 Å². The first-order valence-corrected chi connectivity index (χ1v) is 6.29. The van der Waals surface area contributed by atoms with Gasteiger partial charge in [-0.05, 0) is 34.9 Å². The number of carbonyl (C=O) groups is 2. The Morgan fingerprint density at radius 1 is 1.19 bits per heavy atom. The van der Waals surface area contributed by atoms with Gasteiger partial charge in [-0.1, -0.05) is 0 Å². The molecule has 9 heteroatoms. The second-order valence-electron chi connectivity index (χ2n) is 5.79. The lowest BCUT2D eigenvalue weighted by atomic mass is 10.2. The van der Waals surface area contributed by atoms with Crippen LogP contribution in [-0.4, -0.2) is 61.9 Å². The number of amides is 2. The summed E-state index contributed by atoms with van der Waals surface area (Å²) in [5, 5.41) is 3.99. The maximum atomic E-state index is 12.1.